The minimum Gasteiger partial charge on any atom is -0.496 e. The van der Waals surface area contributed by atoms with E-state index in [2.05, 4.69) is 39.0 Å². The zero-order valence-corrected chi connectivity index (χ0v) is 12.5. The third-order valence-corrected chi connectivity index (χ3v) is 3.89. The standard InChI is InChI=1S/C18H21FO/c1-5-13-9-10-16(17(11-13)20-4)18(2,3)14-7-6-8-15(19)12-14/h6-12H,5H2,1-4H3. The van der Waals surface area contributed by atoms with Gasteiger partial charge in [0.05, 0.1) is 7.11 Å². The van der Waals surface area contributed by atoms with E-state index in [1.54, 1.807) is 19.2 Å². The van der Waals surface area contributed by atoms with Crippen molar-refractivity contribution in [1.82, 2.24) is 0 Å². The van der Waals surface area contributed by atoms with Crippen molar-refractivity contribution in [3.63, 3.8) is 0 Å². The molecule has 0 amide bonds. The van der Waals surface area contributed by atoms with Crippen LogP contribution in [0.4, 0.5) is 4.39 Å². The van der Waals surface area contributed by atoms with Crippen molar-refractivity contribution in [1.29, 1.82) is 0 Å². The SMILES string of the molecule is CCc1ccc(C(C)(C)c2cccc(F)c2)c(OC)c1. The van der Waals surface area contributed by atoms with Gasteiger partial charge in [-0.25, -0.2) is 4.39 Å². The van der Waals surface area contributed by atoms with E-state index in [4.69, 9.17) is 4.74 Å². The van der Waals surface area contributed by atoms with E-state index in [-0.39, 0.29) is 11.2 Å². The Bertz CT molecular complexity index is 602. The summed E-state index contributed by atoms with van der Waals surface area (Å²) in [6.07, 6.45) is 0.969. The summed E-state index contributed by atoms with van der Waals surface area (Å²) in [5.41, 5.74) is 2.95. The second-order valence-corrected chi connectivity index (χ2v) is 5.52. The fourth-order valence-electron chi connectivity index (χ4n) is 2.50. The first-order valence-corrected chi connectivity index (χ1v) is 6.92. The quantitative estimate of drug-likeness (QED) is 0.782. The lowest BCUT2D eigenvalue weighted by Crippen LogP contribution is -2.20. The smallest absolute Gasteiger partial charge is 0.123 e. The van der Waals surface area contributed by atoms with Gasteiger partial charge in [-0.1, -0.05) is 45.0 Å². The Hall–Kier alpha value is -1.83. The Morgan fingerprint density at radius 2 is 1.85 bits per heavy atom. The highest BCUT2D eigenvalue weighted by molar-refractivity contribution is 5.47. The van der Waals surface area contributed by atoms with Crippen LogP contribution in [0.3, 0.4) is 0 Å². The summed E-state index contributed by atoms with van der Waals surface area (Å²) >= 11 is 0. The van der Waals surface area contributed by atoms with Gasteiger partial charge in [0, 0.05) is 11.0 Å². The van der Waals surface area contributed by atoms with E-state index >= 15 is 0 Å². The monoisotopic (exact) mass is 272 g/mol. The van der Waals surface area contributed by atoms with Crippen molar-refractivity contribution in [2.45, 2.75) is 32.6 Å². The third kappa shape index (κ3) is 2.69. The van der Waals surface area contributed by atoms with Gasteiger partial charge < -0.3 is 4.74 Å². The number of halogens is 1. The van der Waals surface area contributed by atoms with Gasteiger partial charge in [-0.05, 0) is 35.7 Å². The van der Waals surface area contributed by atoms with E-state index in [9.17, 15) is 4.39 Å². The Kier molecular flexibility index (Phi) is 4.12. The highest BCUT2D eigenvalue weighted by Crippen LogP contribution is 2.37. The van der Waals surface area contributed by atoms with Crippen LogP contribution >= 0.6 is 0 Å². The van der Waals surface area contributed by atoms with Gasteiger partial charge in [0.2, 0.25) is 0 Å². The van der Waals surface area contributed by atoms with E-state index < -0.39 is 0 Å². The van der Waals surface area contributed by atoms with Crippen LogP contribution in [0.5, 0.6) is 5.75 Å². The van der Waals surface area contributed by atoms with Crippen LogP contribution in [-0.2, 0) is 11.8 Å². The van der Waals surface area contributed by atoms with Gasteiger partial charge in [0.25, 0.3) is 0 Å². The van der Waals surface area contributed by atoms with Crippen molar-refractivity contribution in [3.8, 4) is 5.75 Å². The molecule has 2 aromatic rings. The highest BCUT2D eigenvalue weighted by Gasteiger charge is 2.27. The number of rotatable bonds is 4. The van der Waals surface area contributed by atoms with Crippen LogP contribution < -0.4 is 4.74 Å². The molecule has 1 nitrogen and oxygen atoms in total. The summed E-state index contributed by atoms with van der Waals surface area (Å²) in [6.45, 7) is 6.29. The summed E-state index contributed by atoms with van der Waals surface area (Å²) in [5, 5.41) is 0. The van der Waals surface area contributed by atoms with Crippen molar-refractivity contribution >= 4 is 0 Å². The van der Waals surface area contributed by atoms with Crippen LogP contribution in [0.25, 0.3) is 0 Å². The molecular formula is C18H21FO. The summed E-state index contributed by atoms with van der Waals surface area (Å²) < 4.78 is 19.0. The molecule has 0 atom stereocenters. The summed E-state index contributed by atoms with van der Waals surface area (Å²) in [6, 6.07) is 13.0. The normalized spacial score (nSPS) is 11.4. The minimum atomic E-state index is -0.306. The van der Waals surface area contributed by atoms with Crippen molar-refractivity contribution in [3.05, 3.63) is 65.0 Å². The second kappa shape index (κ2) is 5.66. The summed E-state index contributed by atoms with van der Waals surface area (Å²) in [7, 11) is 1.68. The lowest BCUT2D eigenvalue weighted by molar-refractivity contribution is 0.400. The maximum atomic E-state index is 13.5. The Morgan fingerprint density at radius 3 is 2.45 bits per heavy atom. The molecule has 0 bridgehead atoms. The molecule has 2 rings (SSSR count). The number of hydrogen-bond donors (Lipinski definition) is 0. The van der Waals surface area contributed by atoms with Crippen LogP contribution in [0, 0.1) is 5.82 Å². The Balaban J connectivity index is 2.53. The van der Waals surface area contributed by atoms with Crippen LogP contribution in [0.2, 0.25) is 0 Å². The molecule has 0 spiro atoms. The molecular weight excluding hydrogens is 251 g/mol. The molecule has 0 aromatic heterocycles. The van der Waals surface area contributed by atoms with E-state index in [0.717, 1.165) is 23.3 Å². The first-order valence-electron chi connectivity index (χ1n) is 6.92. The lowest BCUT2D eigenvalue weighted by Gasteiger charge is -2.28. The van der Waals surface area contributed by atoms with Gasteiger partial charge in [-0.15, -0.1) is 0 Å². The molecule has 0 saturated carbocycles. The molecule has 0 saturated heterocycles. The molecule has 2 heteroatoms. The maximum Gasteiger partial charge on any atom is 0.123 e. The maximum absolute atomic E-state index is 13.5. The molecule has 0 aliphatic heterocycles. The van der Waals surface area contributed by atoms with E-state index in [0.29, 0.717) is 0 Å². The number of hydrogen-bond acceptors (Lipinski definition) is 1. The summed E-state index contributed by atoms with van der Waals surface area (Å²) in [4.78, 5) is 0. The molecule has 0 unspecified atom stereocenters. The molecule has 0 heterocycles. The van der Waals surface area contributed by atoms with Crippen molar-refractivity contribution in [2.75, 3.05) is 7.11 Å². The highest BCUT2D eigenvalue weighted by atomic mass is 19.1. The molecule has 2 aromatic carbocycles. The molecule has 0 radical (unpaired) electrons. The fourth-order valence-corrected chi connectivity index (χ4v) is 2.50. The molecule has 0 aliphatic rings. The largest absolute Gasteiger partial charge is 0.496 e. The predicted molar refractivity (Wildman–Crippen MR) is 80.9 cm³/mol. The molecule has 106 valence electrons. The number of ether oxygens (including phenoxy) is 1. The zero-order valence-electron chi connectivity index (χ0n) is 12.5. The zero-order chi connectivity index (χ0) is 14.8. The summed E-state index contributed by atoms with van der Waals surface area (Å²) in [5.74, 6) is 0.651. The molecule has 0 aliphatic carbocycles. The van der Waals surface area contributed by atoms with Gasteiger partial charge in [0.1, 0.15) is 11.6 Å². The third-order valence-electron chi connectivity index (χ3n) is 3.89. The first kappa shape index (κ1) is 14.6. The lowest BCUT2D eigenvalue weighted by atomic mass is 9.77. The van der Waals surface area contributed by atoms with Crippen molar-refractivity contribution in [2.24, 2.45) is 0 Å². The molecule has 0 fully saturated rings. The first-order chi connectivity index (χ1) is 9.48. The number of methoxy groups -OCH3 is 1. The average Bonchev–Trinajstić information content (AvgIpc) is 2.46. The fraction of sp³-hybridized carbons (Fsp3) is 0.333. The van der Waals surface area contributed by atoms with Crippen molar-refractivity contribution < 1.29 is 9.13 Å². The minimum absolute atomic E-state index is 0.209. The van der Waals surface area contributed by atoms with E-state index in [1.807, 2.05) is 6.07 Å². The Labute approximate surface area is 120 Å². The molecule has 20 heavy (non-hydrogen) atoms. The van der Waals surface area contributed by atoms with Gasteiger partial charge in [-0.3, -0.25) is 0 Å². The van der Waals surface area contributed by atoms with Gasteiger partial charge in [-0.2, -0.15) is 0 Å². The molecule has 0 N–H and O–H groups in total. The van der Waals surface area contributed by atoms with Crippen LogP contribution in [0.1, 0.15) is 37.5 Å². The second-order valence-electron chi connectivity index (χ2n) is 5.52. The van der Waals surface area contributed by atoms with Gasteiger partial charge in [0.15, 0.2) is 0 Å². The predicted octanol–water partition coefficient (Wildman–Crippen LogP) is 4.72. The van der Waals surface area contributed by atoms with Crippen LogP contribution in [-0.4, -0.2) is 7.11 Å². The number of aryl methyl sites for hydroxylation is 1. The van der Waals surface area contributed by atoms with Gasteiger partial charge >= 0.3 is 0 Å². The topological polar surface area (TPSA) is 9.23 Å². The average molecular weight is 272 g/mol. The Morgan fingerprint density at radius 1 is 1.10 bits per heavy atom. The van der Waals surface area contributed by atoms with E-state index in [1.165, 1.54) is 11.6 Å². The van der Waals surface area contributed by atoms with Crippen LogP contribution in [0.15, 0.2) is 42.5 Å². The number of benzene rings is 2.